The largest absolute Gasteiger partial charge is 0.272 e. The number of aryl methyl sites for hydroxylation is 2. The summed E-state index contributed by atoms with van der Waals surface area (Å²) in [4.78, 5) is 0. The molecule has 2 rings (SSSR count). The second-order valence-corrected chi connectivity index (χ2v) is 3.94. The molecule has 2 nitrogen and oxygen atoms in total. The zero-order chi connectivity index (χ0) is 10.8. The number of rotatable bonds is 2. The van der Waals surface area contributed by atoms with Crippen molar-refractivity contribution in [3.63, 3.8) is 0 Å². The standard InChI is InChI=1S/C13H16N2/c1-10-13(11(2)15(3)14-10)9-12-7-5-4-6-8-12/h4-8H,9H2,1-3H3. The summed E-state index contributed by atoms with van der Waals surface area (Å²) in [7, 11) is 2.00. The van der Waals surface area contributed by atoms with Crippen molar-refractivity contribution in [3.05, 3.63) is 52.8 Å². The van der Waals surface area contributed by atoms with Crippen molar-refractivity contribution in [2.45, 2.75) is 20.3 Å². The summed E-state index contributed by atoms with van der Waals surface area (Å²) in [6.45, 7) is 4.20. The molecule has 0 aliphatic rings. The van der Waals surface area contributed by atoms with Gasteiger partial charge in [0.2, 0.25) is 0 Å². The molecule has 0 bridgehead atoms. The van der Waals surface area contributed by atoms with Crippen LogP contribution in [-0.4, -0.2) is 9.78 Å². The van der Waals surface area contributed by atoms with Gasteiger partial charge in [-0.3, -0.25) is 4.68 Å². The van der Waals surface area contributed by atoms with Crippen molar-refractivity contribution in [2.24, 2.45) is 7.05 Å². The smallest absolute Gasteiger partial charge is 0.0631 e. The predicted octanol–water partition coefficient (Wildman–Crippen LogP) is 2.63. The fraction of sp³-hybridized carbons (Fsp3) is 0.308. The molecular formula is C13H16N2. The third-order valence-electron chi connectivity index (χ3n) is 2.88. The van der Waals surface area contributed by atoms with Crippen molar-refractivity contribution >= 4 is 0 Å². The lowest BCUT2D eigenvalue weighted by atomic mass is 10.0. The normalized spacial score (nSPS) is 10.6. The molecule has 2 heteroatoms. The van der Waals surface area contributed by atoms with Crippen molar-refractivity contribution < 1.29 is 0 Å². The summed E-state index contributed by atoms with van der Waals surface area (Å²) >= 11 is 0. The molecule has 0 amide bonds. The van der Waals surface area contributed by atoms with Gasteiger partial charge < -0.3 is 0 Å². The van der Waals surface area contributed by atoms with Crippen LogP contribution in [0, 0.1) is 13.8 Å². The first-order chi connectivity index (χ1) is 7.18. The first-order valence-electron chi connectivity index (χ1n) is 5.21. The van der Waals surface area contributed by atoms with Crippen LogP contribution in [-0.2, 0) is 13.5 Å². The van der Waals surface area contributed by atoms with Gasteiger partial charge >= 0.3 is 0 Å². The lowest BCUT2D eigenvalue weighted by Crippen LogP contribution is -1.94. The van der Waals surface area contributed by atoms with E-state index in [1.165, 1.54) is 16.8 Å². The Kier molecular flexibility index (Phi) is 2.58. The van der Waals surface area contributed by atoms with E-state index in [-0.39, 0.29) is 0 Å². The van der Waals surface area contributed by atoms with Gasteiger partial charge in [0.15, 0.2) is 0 Å². The summed E-state index contributed by atoms with van der Waals surface area (Å²) < 4.78 is 1.95. The molecular weight excluding hydrogens is 184 g/mol. The van der Waals surface area contributed by atoms with Gasteiger partial charge in [0.05, 0.1) is 5.69 Å². The Bertz CT molecular complexity index is 455. The average Bonchev–Trinajstić information content (AvgIpc) is 2.47. The summed E-state index contributed by atoms with van der Waals surface area (Å²) in [5, 5.41) is 4.42. The molecule has 1 heterocycles. The van der Waals surface area contributed by atoms with Crippen LogP contribution in [0.3, 0.4) is 0 Å². The van der Waals surface area contributed by atoms with Crippen molar-refractivity contribution in [1.29, 1.82) is 0 Å². The fourth-order valence-corrected chi connectivity index (χ4v) is 1.87. The van der Waals surface area contributed by atoms with Crippen LogP contribution in [0.2, 0.25) is 0 Å². The van der Waals surface area contributed by atoms with Crippen molar-refractivity contribution in [3.8, 4) is 0 Å². The highest BCUT2D eigenvalue weighted by Gasteiger charge is 2.09. The Morgan fingerprint density at radius 1 is 1.13 bits per heavy atom. The minimum atomic E-state index is 0.979. The van der Waals surface area contributed by atoms with E-state index in [4.69, 9.17) is 0 Å². The van der Waals surface area contributed by atoms with Gasteiger partial charge in [-0.05, 0) is 19.4 Å². The fourth-order valence-electron chi connectivity index (χ4n) is 1.87. The lowest BCUT2D eigenvalue weighted by Gasteiger charge is -2.02. The van der Waals surface area contributed by atoms with E-state index in [9.17, 15) is 0 Å². The first-order valence-corrected chi connectivity index (χ1v) is 5.21. The van der Waals surface area contributed by atoms with Gasteiger partial charge in [-0.25, -0.2) is 0 Å². The van der Waals surface area contributed by atoms with E-state index < -0.39 is 0 Å². The lowest BCUT2D eigenvalue weighted by molar-refractivity contribution is 0.730. The average molecular weight is 200 g/mol. The van der Waals surface area contributed by atoms with E-state index in [1.807, 2.05) is 17.8 Å². The summed E-state index contributed by atoms with van der Waals surface area (Å²) in [5.41, 5.74) is 5.09. The van der Waals surface area contributed by atoms with Gasteiger partial charge in [0, 0.05) is 24.7 Å². The molecule has 1 aromatic carbocycles. The topological polar surface area (TPSA) is 17.8 Å². The molecule has 1 aromatic heterocycles. The summed E-state index contributed by atoms with van der Waals surface area (Å²) in [6, 6.07) is 10.5. The molecule has 0 atom stereocenters. The molecule has 0 radical (unpaired) electrons. The molecule has 0 aliphatic carbocycles. The van der Waals surface area contributed by atoms with Gasteiger partial charge in [0.25, 0.3) is 0 Å². The van der Waals surface area contributed by atoms with Crippen LogP contribution in [0.25, 0.3) is 0 Å². The minimum absolute atomic E-state index is 0.979. The Labute approximate surface area is 90.6 Å². The molecule has 2 aromatic rings. The van der Waals surface area contributed by atoms with Gasteiger partial charge in [-0.15, -0.1) is 0 Å². The number of hydrogen-bond donors (Lipinski definition) is 0. The third-order valence-corrected chi connectivity index (χ3v) is 2.88. The third kappa shape index (κ3) is 1.94. The SMILES string of the molecule is Cc1nn(C)c(C)c1Cc1ccccc1. The van der Waals surface area contributed by atoms with Crippen LogP contribution in [0.15, 0.2) is 30.3 Å². The Morgan fingerprint density at radius 3 is 2.33 bits per heavy atom. The van der Waals surface area contributed by atoms with Crippen LogP contribution in [0.4, 0.5) is 0 Å². The van der Waals surface area contributed by atoms with Crippen molar-refractivity contribution in [1.82, 2.24) is 9.78 Å². The Hall–Kier alpha value is -1.57. The molecule has 0 saturated heterocycles. The molecule has 0 N–H and O–H groups in total. The molecule has 0 aliphatic heterocycles. The van der Waals surface area contributed by atoms with E-state index in [0.717, 1.165) is 12.1 Å². The maximum atomic E-state index is 4.42. The molecule has 0 saturated carbocycles. The van der Waals surface area contributed by atoms with Crippen LogP contribution in [0.1, 0.15) is 22.5 Å². The maximum absolute atomic E-state index is 4.42. The zero-order valence-electron chi connectivity index (χ0n) is 9.49. The van der Waals surface area contributed by atoms with Crippen LogP contribution < -0.4 is 0 Å². The van der Waals surface area contributed by atoms with Crippen molar-refractivity contribution in [2.75, 3.05) is 0 Å². The van der Waals surface area contributed by atoms with E-state index in [0.29, 0.717) is 0 Å². The molecule has 15 heavy (non-hydrogen) atoms. The predicted molar refractivity (Wildman–Crippen MR) is 61.9 cm³/mol. The highest BCUT2D eigenvalue weighted by atomic mass is 15.3. The minimum Gasteiger partial charge on any atom is -0.272 e. The number of nitrogens with zero attached hydrogens (tertiary/aromatic N) is 2. The molecule has 0 fully saturated rings. The van der Waals surface area contributed by atoms with Crippen LogP contribution in [0.5, 0.6) is 0 Å². The van der Waals surface area contributed by atoms with Crippen LogP contribution >= 0.6 is 0 Å². The van der Waals surface area contributed by atoms with Gasteiger partial charge in [-0.2, -0.15) is 5.10 Å². The number of benzene rings is 1. The van der Waals surface area contributed by atoms with Gasteiger partial charge in [0.1, 0.15) is 0 Å². The highest BCUT2D eigenvalue weighted by molar-refractivity contribution is 5.31. The number of hydrogen-bond acceptors (Lipinski definition) is 1. The Morgan fingerprint density at radius 2 is 1.80 bits per heavy atom. The zero-order valence-corrected chi connectivity index (χ0v) is 9.49. The maximum Gasteiger partial charge on any atom is 0.0631 e. The van der Waals surface area contributed by atoms with E-state index in [2.05, 4.69) is 43.2 Å². The summed E-state index contributed by atoms with van der Waals surface area (Å²) in [6.07, 6.45) is 0.979. The second kappa shape index (κ2) is 3.89. The van der Waals surface area contributed by atoms with Gasteiger partial charge in [-0.1, -0.05) is 30.3 Å². The molecule has 0 unspecified atom stereocenters. The van der Waals surface area contributed by atoms with E-state index >= 15 is 0 Å². The second-order valence-electron chi connectivity index (χ2n) is 3.94. The Balaban J connectivity index is 2.32. The van der Waals surface area contributed by atoms with E-state index in [1.54, 1.807) is 0 Å². The highest BCUT2D eigenvalue weighted by Crippen LogP contribution is 2.16. The first kappa shape index (κ1) is 9.97. The quantitative estimate of drug-likeness (QED) is 0.728. The molecule has 78 valence electrons. The molecule has 0 spiro atoms. The summed E-state index contributed by atoms with van der Waals surface area (Å²) in [5.74, 6) is 0. The number of aromatic nitrogens is 2. The monoisotopic (exact) mass is 200 g/mol.